The zero-order valence-electron chi connectivity index (χ0n) is 10.0. The van der Waals surface area contributed by atoms with Gasteiger partial charge in [-0.25, -0.2) is 0 Å². The molecule has 1 rings (SSSR count). The van der Waals surface area contributed by atoms with Crippen molar-refractivity contribution in [1.82, 2.24) is 9.03 Å². The van der Waals surface area contributed by atoms with Gasteiger partial charge in [0.15, 0.2) is 0 Å². The molecule has 90 valence electrons. The normalized spacial score (nSPS) is 29.7. The Morgan fingerprint density at radius 3 is 2.07 bits per heavy atom. The van der Waals surface area contributed by atoms with Crippen molar-refractivity contribution in [2.24, 2.45) is 11.8 Å². The van der Waals surface area contributed by atoms with Crippen LogP contribution >= 0.6 is 0 Å². The molecule has 1 fully saturated rings. The van der Waals surface area contributed by atoms with Crippen LogP contribution in [0.4, 0.5) is 0 Å². The molecule has 2 atom stereocenters. The van der Waals surface area contributed by atoms with Gasteiger partial charge in [0.25, 0.3) is 10.2 Å². The van der Waals surface area contributed by atoms with Gasteiger partial charge in [-0.05, 0) is 32.1 Å². The van der Waals surface area contributed by atoms with Gasteiger partial charge in [-0.3, -0.25) is 0 Å². The highest BCUT2D eigenvalue weighted by molar-refractivity contribution is 7.87. The molecule has 1 N–H and O–H groups in total. The van der Waals surface area contributed by atoms with Crippen molar-refractivity contribution in [3.8, 4) is 0 Å². The van der Waals surface area contributed by atoms with E-state index in [0.29, 0.717) is 24.9 Å². The summed E-state index contributed by atoms with van der Waals surface area (Å²) < 4.78 is 28.0. The van der Waals surface area contributed by atoms with E-state index >= 15 is 0 Å². The maximum absolute atomic E-state index is 11.9. The Labute approximate surface area is 93.2 Å². The quantitative estimate of drug-likeness (QED) is 0.798. The first-order valence-electron chi connectivity index (χ1n) is 5.58. The van der Waals surface area contributed by atoms with E-state index in [-0.39, 0.29) is 6.04 Å². The van der Waals surface area contributed by atoms with Crippen LogP contribution in [0.2, 0.25) is 0 Å². The van der Waals surface area contributed by atoms with Gasteiger partial charge in [0.05, 0.1) is 0 Å². The van der Waals surface area contributed by atoms with Crippen LogP contribution in [0.5, 0.6) is 0 Å². The smallest absolute Gasteiger partial charge is 0.200 e. The highest BCUT2D eigenvalue weighted by atomic mass is 32.2. The summed E-state index contributed by atoms with van der Waals surface area (Å²) >= 11 is 0. The molecule has 0 spiro atoms. The minimum Gasteiger partial charge on any atom is -0.200 e. The van der Waals surface area contributed by atoms with Gasteiger partial charge >= 0.3 is 0 Å². The van der Waals surface area contributed by atoms with Gasteiger partial charge in [0, 0.05) is 19.1 Å². The topological polar surface area (TPSA) is 49.4 Å². The van der Waals surface area contributed by atoms with Crippen molar-refractivity contribution in [1.29, 1.82) is 0 Å². The molecular formula is C10H22N2O2S. The lowest BCUT2D eigenvalue weighted by Gasteiger charge is -2.34. The van der Waals surface area contributed by atoms with Gasteiger partial charge in [-0.2, -0.15) is 17.4 Å². The van der Waals surface area contributed by atoms with Crippen LogP contribution in [0.25, 0.3) is 0 Å². The second-order valence-electron chi connectivity index (χ2n) is 5.04. The molecule has 1 aliphatic heterocycles. The predicted octanol–water partition coefficient (Wildman–Crippen LogP) is 1.21. The molecule has 0 aromatic rings. The van der Waals surface area contributed by atoms with Crippen molar-refractivity contribution < 1.29 is 8.42 Å². The molecule has 0 radical (unpaired) electrons. The van der Waals surface area contributed by atoms with Crippen LogP contribution in [-0.4, -0.2) is 31.9 Å². The summed E-state index contributed by atoms with van der Waals surface area (Å²) in [5.74, 6) is 0.912. The predicted molar refractivity (Wildman–Crippen MR) is 61.7 cm³/mol. The summed E-state index contributed by atoms with van der Waals surface area (Å²) in [6, 6.07) is -0.0393. The summed E-state index contributed by atoms with van der Waals surface area (Å²) in [7, 11) is -3.27. The van der Waals surface area contributed by atoms with Crippen molar-refractivity contribution in [3.63, 3.8) is 0 Å². The molecule has 5 heteroatoms. The molecule has 4 nitrogen and oxygen atoms in total. The van der Waals surface area contributed by atoms with Crippen LogP contribution in [-0.2, 0) is 10.2 Å². The molecule has 1 aliphatic rings. The number of nitrogens with zero attached hydrogens (tertiary/aromatic N) is 1. The lowest BCUT2D eigenvalue weighted by Crippen LogP contribution is -2.49. The van der Waals surface area contributed by atoms with E-state index < -0.39 is 10.2 Å². The molecule has 0 amide bonds. The van der Waals surface area contributed by atoms with Crippen molar-refractivity contribution in [3.05, 3.63) is 0 Å². The number of piperidine rings is 1. The summed E-state index contributed by atoms with van der Waals surface area (Å²) in [4.78, 5) is 0. The van der Waals surface area contributed by atoms with Crippen molar-refractivity contribution in [2.45, 2.75) is 40.2 Å². The lowest BCUT2D eigenvalue weighted by atomic mass is 9.94. The van der Waals surface area contributed by atoms with Gasteiger partial charge in [0.2, 0.25) is 0 Å². The summed E-state index contributed by atoms with van der Waals surface area (Å²) in [5.41, 5.74) is 0. The summed E-state index contributed by atoms with van der Waals surface area (Å²) in [5, 5.41) is 0. The second kappa shape index (κ2) is 4.80. The van der Waals surface area contributed by atoms with Gasteiger partial charge in [-0.1, -0.05) is 13.8 Å². The SMILES string of the molecule is CC1CC(C)CN(S(=O)(=O)NC(C)C)C1. The average Bonchev–Trinajstić information content (AvgIpc) is 1.99. The average molecular weight is 234 g/mol. The molecule has 0 aromatic heterocycles. The first kappa shape index (κ1) is 12.9. The fourth-order valence-corrected chi connectivity index (χ4v) is 3.82. The summed E-state index contributed by atoms with van der Waals surface area (Å²) in [6.45, 7) is 9.18. The third-order valence-corrected chi connectivity index (χ3v) is 4.31. The second-order valence-corrected chi connectivity index (χ2v) is 6.74. The first-order chi connectivity index (χ1) is 6.81. The zero-order chi connectivity index (χ0) is 11.6. The molecule has 1 heterocycles. The third kappa shape index (κ3) is 3.74. The Balaban J connectivity index is 2.70. The molecule has 0 bridgehead atoms. The van der Waals surface area contributed by atoms with Crippen LogP contribution in [0, 0.1) is 11.8 Å². The highest BCUT2D eigenvalue weighted by Crippen LogP contribution is 2.22. The van der Waals surface area contributed by atoms with E-state index in [1.54, 1.807) is 4.31 Å². The Morgan fingerprint density at radius 2 is 1.67 bits per heavy atom. The van der Waals surface area contributed by atoms with Crippen molar-refractivity contribution in [2.75, 3.05) is 13.1 Å². The van der Waals surface area contributed by atoms with Gasteiger partial charge < -0.3 is 0 Å². The fourth-order valence-electron chi connectivity index (χ4n) is 2.17. The van der Waals surface area contributed by atoms with E-state index in [0.717, 1.165) is 6.42 Å². The maximum atomic E-state index is 11.9. The minimum atomic E-state index is -3.27. The largest absolute Gasteiger partial charge is 0.279 e. The Kier molecular flexibility index (Phi) is 4.14. The first-order valence-corrected chi connectivity index (χ1v) is 7.02. The van der Waals surface area contributed by atoms with Gasteiger partial charge in [0.1, 0.15) is 0 Å². The van der Waals surface area contributed by atoms with Crippen molar-refractivity contribution >= 4 is 10.2 Å². The van der Waals surface area contributed by atoms with E-state index in [1.165, 1.54) is 0 Å². The Morgan fingerprint density at radius 1 is 1.20 bits per heavy atom. The standard InChI is InChI=1S/C10H22N2O2S/c1-8(2)11-15(13,14)12-6-9(3)5-10(4)7-12/h8-11H,5-7H2,1-4H3. The monoisotopic (exact) mass is 234 g/mol. The lowest BCUT2D eigenvalue weighted by molar-refractivity contribution is 0.220. The Bertz CT molecular complexity index is 291. The molecule has 0 saturated carbocycles. The molecule has 0 aromatic carbocycles. The van der Waals surface area contributed by atoms with Gasteiger partial charge in [-0.15, -0.1) is 0 Å². The van der Waals surface area contributed by atoms with Crippen LogP contribution in [0.1, 0.15) is 34.1 Å². The minimum absolute atomic E-state index is 0.0393. The highest BCUT2D eigenvalue weighted by Gasteiger charge is 2.30. The maximum Gasteiger partial charge on any atom is 0.279 e. The number of rotatable bonds is 3. The molecule has 2 unspecified atom stereocenters. The van der Waals surface area contributed by atoms with Crippen LogP contribution in [0.15, 0.2) is 0 Å². The molecule has 1 saturated heterocycles. The molecular weight excluding hydrogens is 212 g/mol. The van der Waals surface area contributed by atoms with E-state index in [9.17, 15) is 8.42 Å². The van der Waals surface area contributed by atoms with Crippen LogP contribution < -0.4 is 4.72 Å². The van der Waals surface area contributed by atoms with Crippen LogP contribution in [0.3, 0.4) is 0 Å². The number of nitrogens with one attached hydrogen (secondary N) is 1. The van der Waals surface area contributed by atoms with E-state index in [4.69, 9.17) is 0 Å². The number of hydrogen-bond acceptors (Lipinski definition) is 2. The zero-order valence-corrected chi connectivity index (χ0v) is 10.8. The van der Waals surface area contributed by atoms with E-state index in [2.05, 4.69) is 18.6 Å². The molecule has 0 aliphatic carbocycles. The molecule has 15 heavy (non-hydrogen) atoms. The Hall–Kier alpha value is -0.130. The number of hydrogen-bond donors (Lipinski definition) is 1. The fraction of sp³-hybridized carbons (Fsp3) is 1.00. The summed E-state index contributed by atoms with van der Waals surface area (Å²) in [6.07, 6.45) is 1.12. The van der Waals surface area contributed by atoms with E-state index in [1.807, 2.05) is 13.8 Å². The third-order valence-electron chi connectivity index (χ3n) is 2.56.